The molecule has 0 saturated heterocycles. The lowest BCUT2D eigenvalue weighted by atomic mass is 10.1. The molecule has 232 valence electrons. The van der Waals surface area contributed by atoms with Crippen molar-refractivity contribution >= 4 is 53.3 Å². The molecule has 2 atom stereocenters. The lowest BCUT2D eigenvalue weighted by Gasteiger charge is -2.43. The van der Waals surface area contributed by atoms with Gasteiger partial charge in [0, 0.05) is 20.1 Å². The van der Waals surface area contributed by atoms with E-state index in [-0.39, 0.29) is 11.8 Å². The van der Waals surface area contributed by atoms with Crippen molar-refractivity contribution in [2.45, 2.75) is 44.4 Å². The number of hydrogen-bond acceptors (Lipinski definition) is 6. The van der Waals surface area contributed by atoms with Gasteiger partial charge >= 0.3 is 5.97 Å². The van der Waals surface area contributed by atoms with E-state index in [0.717, 1.165) is 10.4 Å². The first kappa shape index (κ1) is 35.3. The zero-order valence-electron chi connectivity index (χ0n) is 26.0. The van der Waals surface area contributed by atoms with Crippen LogP contribution >= 0.6 is 22.6 Å². The number of allylic oxidation sites excluding steroid dienone is 1. The number of halogens is 1. The van der Waals surface area contributed by atoms with Crippen LogP contribution in [0.3, 0.4) is 0 Å². The summed E-state index contributed by atoms with van der Waals surface area (Å²) in [4.78, 5) is 13.8. The van der Waals surface area contributed by atoms with E-state index in [1.807, 2.05) is 58.7 Å². The van der Waals surface area contributed by atoms with Crippen LogP contribution in [-0.2, 0) is 18.6 Å². The molecule has 3 rings (SSSR count). The molecular formula is C36H41IO6Si. The summed E-state index contributed by atoms with van der Waals surface area (Å²) in [5, 5.41) is 2.11. The Morgan fingerprint density at radius 3 is 2.14 bits per heavy atom. The van der Waals surface area contributed by atoms with Crippen molar-refractivity contribution in [3.8, 4) is 18.1 Å². The SMILES string of the molecule is C#C/C=C\[C@H](OCOC)[C@H](CCO[Si](c1ccccc1)(c1ccccc1)C(C)(C)C)OC(=O)c1c(/C=C/I)cccc1OC. The highest BCUT2D eigenvalue weighted by atomic mass is 127. The van der Waals surface area contributed by atoms with Gasteiger partial charge in [-0.05, 0) is 49.4 Å². The molecule has 0 radical (unpaired) electrons. The first-order chi connectivity index (χ1) is 21.2. The highest BCUT2D eigenvalue weighted by Crippen LogP contribution is 2.37. The highest BCUT2D eigenvalue weighted by molar-refractivity contribution is 14.1. The first-order valence-electron chi connectivity index (χ1n) is 14.4. The Hall–Kier alpha value is -3.20. The predicted molar refractivity (Wildman–Crippen MR) is 188 cm³/mol. The number of benzene rings is 3. The molecule has 0 spiro atoms. The topological polar surface area (TPSA) is 63.2 Å². The molecule has 3 aromatic carbocycles. The van der Waals surface area contributed by atoms with Gasteiger partial charge in [-0.25, -0.2) is 4.79 Å². The van der Waals surface area contributed by atoms with Gasteiger partial charge in [0.25, 0.3) is 8.32 Å². The highest BCUT2D eigenvalue weighted by Gasteiger charge is 2.50. The van der Waals surface area contributed by atoms with E-state index >= 15 is 0 Å². The fourth-order valence-corrected chi connectivity index (χ4v) is 10.3. The minimum Gasteiger partial charge on any atom is -0.496 e. The van der Waals surface area contributed by atoms with Crippen LogP contribution < -0.4 is 15.1 Å². The van der Waals surface area contributed by atoms with Gasteiger partial charge in [0.15, 0.2) is 0 Å². The van der Waals surface area contributed by atoms with Crippen molar-refractivity contribution < 1.29 is 28.2 Å². The monoisotopic (exact) mass is 724 g/mol. The molecule has 0 aliphatic rings. The summed E-state index contributed by atoms with van der Waals surface area (Å²) in [7, 11) is 0.235. The van der Waals surface area contributed by atoms with Crippen molar-refractivity contribution in [1.82, 2.24) is 0 Å². The van der Waals surface area contributed by atoms with Crippen LogP contribution in [0.4, 0.5) is 0 Å². The second kappa shape index (κ2) is 17.3. The van der Waals surface area contributed by atoms with Gasteiger partial charge in [0.05, 0.1) is 7.11 Å². The molecule has 0 saturated carbocycles. The molecular weight excluding hydrogens is 683 g/mol. The number of ether oxygens (including phenoxy) is 4. The molecule has 3 aromatic rings. The van der Waals surface area contributed by atoms with E-state index in [4.69, 9.17) is 29.8 Å². The molecule has 0 aliphatic carbocycles. The van der Waals surface area contributed by atoms with Crippen LogP contribution in [0, 0.1) is 12.3 Å². The van der Waals surface area contributed by atoms with Gasteiger partial charge in [-0.3, -0.25) is 0 Å². The Kier molecular flexibility index (Phi) is 13.9. The minimum absolute atomic E-state index is 0.0132. The quantitative estimate of drug-likeness (QED) is 0.0567. The van der Waals surface area contributed by atoms with Crippen molar-refractivity contribution in [3.05, 3.63) is 106 Å². The number of carbonyl (C=O) groups excluding carboxylic acids is 1. The fourth-order valence-electron chi connectivity index (χ4n) is 5.30. The summed E-state index contributed by atoms with van der Waals surface area (Å²) in [6.45, 7) is 6.96. The average molecular weight is 725 g/mol. The third-order valence-electron chi connectivity index (χ3n) is 7.25. The lowest BCUT2D eigenvalue weighted by molar-refractivity contribution is -0.100. The summed E-state index contributed by atoms with van der Waals surface area (Å²) >= 11 is 2.11. The maximum atomic E-state index is 13.8. The van der Waals surface area contributed by atoms with Crippen LogP contribution in [-0.4, -0.2) is 54.1 Å². The van der Waals surface area contributed by atoms with Gasteiger partial charge in [-0.15, -0.1) is 6.42 Å². The molecule has 0 aromatic heterocycles. The van der Waals surface area contributed by atoms with Gasteiger partial charge < -0.3 is 23.4 Å². The van der Waals surface area contributed by atoms with E-state index in [1.165, 1.54) is 20.3 Å². The Balaban J connectivity index is 2.03. The largest absolute Gasteiger partial charge is 0.496 e. The van der Waals surface area contributed by atoms with Crippen molar-refractivity contribution in [3.63, 3.8) is 0 Å². The summed E-state index contributed by atoms with van der Waals surface area (Å²) in [6.07, 6.45) is 9.53. The number of carbonyl (C=O) groups is 1. The third kappa shape index (κ3) is 8.70. The van der Waals surface area contributed by atoms with Crippen molar-refractivity contribution in [2.75, 3.05) is 27.6 Å². The Morgan fingerprint density at radius 2 is 1.61 bits per heavy atom. The molecule has 0 amide bonds. The second-order valence-electron chi connectivity index (χ2n) is 11.0. The predicted octanol–water partition coefficient (Wildman–Crippen LogP) is 6.77. The Bertz CT molecular complexity index is 1390. The normalized spacial score (nSPS) is 13.5. The van der Waals surface area contributed by atoms with Crippen LogP contribution in [0.15, 0.2) is 95.1 Å². The van der Waals surface area contributed by atoms with E-state index < -0.39 is 26.5 Å². The fraction of sp³-hybridized carbons (Fsp3) is 0.306. The first-order valence-corrected chi connectivity index (χ1v) is 17.5. The van der Waals surface area contributed by atoms with E-state index in [0.29, 0.717) is 29.9 Å². The molecule has 0 unspecified atom stereocenters. The number of terminal acetylenes is 1. The van der Waals surface area contributed by atoms with Crippen LogP contribution in [0.25, 0.3) is 6.08 Å². The summed E-state index contributed by atoms with van der Waals surface area (Å²) in [5.41, 5.74) is 1.01. The van der Waals surface area contributed by atoms with E-state index in [2.05, 4.69) is 73.5 Å². The Labute approximate surface area is 276 Å². The molecule has 6 nitrogen and oxygen atoms in total. The van der Waals surface area contributed by atoms with Crippen LogP contribution in [0.2, 0.25) is 5.04 Å². The van der Waals surface area contributed by atoms with Crippen LogP contribution in [0.5, 0.6) is 5.75 Å². The summed E-state index contributed by atoms with van der Waals surface area (Å²) in [5.74, 6) is 2.38. The maximum absolute atomic E-state index is 13.8. The molecule has 0 bridgehead atoms. The number of rotatable bonds is 15. The number of hydrogen-bond donors (Lipinski definition) is 0. The van der Waals surface area contributed by atoms with Crippen molar-refractivity contribution in [2.24, 2.45) is 0 Å². The average Bonchev–Trinajstić information content (AvgIpc) is 3.03. The zero-order valence-corrected chi connectivity index (χ0v) is 29.2. The minimum atomic E-state index is -2.83. The van der Waals surface area contributed by atoms with Crippen LogP contribution in [0.1, 0.15) is 43.1 Å². The second-order valence-corrected chi connectivity index (χ2v) is 16.0. The van der Waals surface area contributed by atoms with Gasteiger partial charge in [0.1, 0.15) is 30.3 Å². The zero-order chi connectivity index (χ0) is 32.0. The summed E-state index contributed by atoms with van der Waals surface area (Å²) in [6, 6.07) is 26.2. The van der Waals surface area contributed by atoms with Crippen molar-refractivity contribution in [1.29, 1.82) is 0 Å². The molecule has 44 heavy (non-hydrogen) atoms. The maximum Gasteiger partial charge on any atom is 0.342 e. The van der Waals surface area contributed by atoms with Gasteiger partial charge in [-0.1, -0.05) is 122 Å². The smallest absolute Gasteiger partial charge is 0.342 e. The number of esters is 1. The molecule has 8 heteroatoms. The van der Waals surface area contributed by atoms with Gasteiger partial charge in [-0.2, -0.15) is 0 Å². The molecule has 0 N–H and O–H groups in total. The molecule has 0 heterocycles. The van der Waals surface area contributed by atoms with E-state index in [1.54, 1.807) is 12.1 Å². The summed E-state index contributed by atoms with van der Waals surface area (Å²) < 4.78 is 31.9. The lowest BCUT2D eigenvalue weighted by Crippen LogP contribution is -2.66. The van der Waals surface area contributed by atoms with E-state index in [9.17, 15) is 4.79 Å². The molecule has 0 aliphatic heterocycles. The van der Waals surface area contributed by atoms with Gasteiger partial charge in [0.2, 0.25) is 0 Å². The standard InChI is InChI=1S/C36H41IO6Si/c1-7-8-21-31(41-27-39-5)32(43-35(38)34-28(23-25-37)16-15-22-33(34)40-6)24-26-42-44(36(2,3)4,29-17-11-9-12-18-29)30-19-13-10-14-20-30/h1,8-23,25,31-32H,24,26-27H2,2-6H3/b21-8-,25-23+/t31-,32-/m0/s1. The Morgan fingerprint density at radius 1 is 0.977 bits per heavy atom. The third-order valence-corrected chi connectivity index (χ3v) is 12.6. The number of methoxy groups -OCH3 is 2. The molecule has 0 fully saturated rings.